The average molecular weight is 312 g/mol. The van der Waals surface area contributed by atoms with Crippen molar-refractivity contribution in [2.24, 2.45) is 0 Å². The van der Waals surface area contributed by atoms with Gasteiger partial charge in [-0.15, -0.1) is 11.3 Å². The van der Waals surface area contributed by atoms with Crippen LogP contribution in [0.15, 0.2) is 40.2 Å². The summed E-state index contributed by atoms with van der Waals surface area (Å²) in [5.41, 5.74) is 1.24. The molecule has 2 rings (SSSR count). The van der Waals surface area contributed by atoms with Gasteiger partial charge in [-0.3, -0.25) is 0 Å². The molecule has 0 aliphatic rings. The van der Waals surface area contributed by atoms with Crippen molar-refractivity contribution in [2.75, 3.05) is 7.05 Å². The molecule has 1 aromatic heterocycles. The summed E-state index contributed by atoms with van der Waals surface area (Å²) in [4.78, 5) is 1.23. The Morgan fingerprint density at radius 2 is 2.24 bits per heavy atom. The van der Waals surface area contributed by atoms with E-state index >= 15 is 0 Å². The standard InChI is InChI=1S/C13H14BrNOS/c1-15-8-10-4-5-13(12(14)7-10)16-9-11-3-2-6-17-11/h2-7,15H,8-9H2,1H3. The minimum atomic E-state index is 0.627. The van der Waals surface area contributed by atoms with E-state index in [1.165, 1.54) is 10.4 Å². The van der Waals surface area contributed by atoms with E-state index in [1.54, 1.807) is 11.3 Å². The van der Waals surface area contributed by atoms with Crippen LogP contribution in [-0.4, -0.2) is 7.05 Å². The molecule has 90 valence electrons. The monoisotopic (exact) mass is 311 g/mol. The summed E-state index contributed by atoms with van der Waals surface area (Å²) in [6.45, 7) is 1.49. The van der Waals surface area contributed by atoms with Gasteiger partial charge in [0, 0.05) is 11.4 Å². The lowest BCUT2D eigenvalue weighted by molar-refractivity contribution is 0.307. The zero-order chi connectivity index (χ0) is 12.1. The first-order valence-corrected chi connectivity index (χ1v) is 7.05. The second-order valence-corrected chi connectivity index (χ2v) is 5.55. The molecule has 0 saturated carbocycles. The molecular weight excluding hydrogens is 298 g/mol. The zero-order valence-corrected chi connectivity index (χ0v) is 12.0. The molecule has 0 fully saturated rings. The first kappa shape index (κ1) is 12.6. The lowest BCUT2D eigenvalue weighted by Crippen LogP contribution is -2.05. The smallest absolute Gasteiger partial charge is 0.134 e. The van der Waals surface area contributed by atoms with Crippen LogP contribution >= 0.6 is 27.3 Å². The molecular formula is C13H14BrNOS. The SMILES string of the molecule is CNCc1ccc(OCc2cccs2)c(Br)c1. The Balaban J connectivity index is 2.01. The number of benzene rings is 1. The summed E-state index contributed by atoms with van der Waals surface area (Å²) in [6.07, 6.45) is 0. The summed E-state index contributed by atoms with van der Waals surface area (Å²) < 4.78 is 6.76. The number of thiophene rings is 1. The minimum Gasteiger partial charge on any atom is -0.487 e. The van der Waals surface area contributed by atoms with Gasteiger partial charge in [0.05, 0.1) is 4.47 Å². The number of halogens is 1. The maximum absolute atomic E-state index is 5.76. The number of rotatable bonds is 5. The van der Waals surface area contributed by atoms with E-state index in [2.05, 4.69) is 44.8 Å². The van der Waals surface area contributed by atoms with Crippen LogP contribution in [0.4, 0.5) is 0 Å². The van der Waals surface area contributed by atoms with E-state index in [0.717, 1.165) is 16.8 Å². The lowest BCUT2D eigenvalue weighted by Gasteiger charge is -2.08. The molecule has 0 amide bonds. The molecule has 4 heteroatoms. The van der Waals surface area contributed by atoms with Gasteiger partial charge in [0.15, 0.2) is 0 Å². The fraction of sp³-hybridized carbons (Fsp3) is 0.231. The van der Waals surface area contributed by atoms with Crippen LogP contribution in [0.2, 0.25) is 0 Å². The van der Waals surface area contributed by atoms with Crippen LogP contribution in [0.3, 0.4) is 0 Å². The highest BCUT2D eigenvalue weighted by molar-refractivity contribution is 9.10. The minimum absolute atomic E-state index is 0.627. The van der Waals surface area contributed by atoms with Crippen molar-refractivity contribution in [3.8, 4) is 5.75 Å². The zero-order valence-electron chi connectivity index (χ0n) is 9.57. The molecule has 1 aromatic carbocycles. The molecule has 0 saturated heterocycles. The third-order valence-electron chi connectivity index (χ3n) is 2.33. The van der Waals surface area contributed by atoms with Crippen molar-refractivity contribution in [2.45, 2.75) is 13.2 Å². The Hall–Kier alpha value is -0.840. The van der Waals surface area contributed by atoms with Crippen molar-refractivity contribution in [1.29, 1.82) is 0 Å². The molecule has 0 unspecified atom stereocenters. The summed E-state index contributed by atoms with van der Waals surface area (Å²) in [5.74, 6) is 0.887. The van der Waals surface area contributed by atoms with Crippen LogP contribution in [0.1, 0.15) is 10.4 Å². The fourth-order valence-corrected chi connectivity index (χ4v) is 2.68. The molecule has 0 bridgehead atoms. The van der Waals surface area contributed by atoms with E-state index < -0.39 is 0 Å². The predicted octanol–water partition coefficient (Wildman–Crippen LogP) is 3.81. The summed E-state index contributed by atoms with van der Waals surface area (Å²) in [5, 5.41) is 5.18. The quantitative estimate of drug-likeness (QED) is 0.906. The van der Waals surface area contributed by atoms with Crippen LogP contribution < -0.4 is 10.1 Å². The molecule has 0 spiro atoms. The van der Waals surface area contributed by atoms with Crippen molar-refractivity contribution < 1.29 is 4.74 Å². The van der Waals surface area contributed by atoms with Gasteiger partial charge in [0.25, 0.3) is 0 Å². The number of nitrogens with one attached hydrogen (secondary N) is 1. The Bertz CT molecular complexity index is 470. The Kier molecular flexibility index (Phi) is 4.59. The maximum Gasteiger partial charge on any atom is 0.134 e. The lowest BCUT2D eigenvalue weighted by atomic mass is 10.2. The molecule has 0 radical (unpaired) electrons. The molecule has 0 aliphatic heterocycles. The van der Waals surface area contributed by atoms with Gasteiger partial charge in [-0.2, -0.15) is 0 Å². The van der Waals surface area contributed by atoms with Gasteiger partial charge in [0.2, 0.25) is 0 Å². The molecule has 0 atom stereocenters. The number of ether oxygens (including phenoxy) is 1. The van der Waals surface area contributed by atoms with Gasteiger partial charge in [0.1, 0.15) is 12.4 Å². The highest BCUT2D eigenvalue weighted by atomic mass is 79.9. The first-order chi connectivity index (χ1) is 8.29. The van der Waals surface area contributed by atoms with Gasteiger partial charge in [-0.1, -0.05) is 12.1 Å². The van der Waals surface area contributed by atoms with E-state index in [4.69, 9.17) is 4.74 Å². The summed E-state index contributed by atoms with van der Waals surface area (Å²) in [6, 6.07) is 10.3. The summed E-state index contributed by atoms with van der Waals surface area (Å²) >= 11 is 5.24. The average Bonchev–Trinajstić information content (AvgIpc) is 2.81. The van der Waals surface area contributed by atoms with Crippen molar-refractivity contribution in [3.05, 3.63) is 50.6 Å². The largest absolute Gasteiger partial charge is 0.487 e. The molecule has 0 aliphatic carbocycles. The molecule has 2 nitrogen and oxygen atoms in total. The molecule has 17 heavy (non-hydrogen) atoms. The van der Waals surface area contributed by atoms with Gasteiger partial charge in [-0.05, 0) is 52.1 Å². The Morgan fingerprint density at radius 3 is 2.88 bits per heavy atom. The van der Waals surface area contributed by atoms with Crippen LogP contribution in [0.5, 0.6) is 5.75 Å². The number of hydrogen-bond acceptors (Lipinski definition) is 3. The fourth-order valence-electron chi connectivity index (χ4n) is 1.52. The number of hydrogen-bond donors (Lipinski definition) is 1. The topological polar surface area (TPSA) is 21.3 Å². The third-order valence-corrected chi connectivity index (χ3v) is 3.80. The predicted molar refractivity (Wildman–Crippen MR) is 75.6 cm³/mol. The third kappa shape index (κ3) is 3.56. The van der Waals surface area contributed by atoms with E-state index in [-0.39, 0.29) is 0 Å². The normalized spacial score (nSPS) is 10.5. The van der Waals surface area contributed by atoms with Gasteiger partial charge < -0.3 is 10.1 Å². The van der Waals surface area contributed by atoms with Crippen molar-refractivity contribution in [3.63, 3.8) is 0 Å². The van der Waals surface area contributed by atoms with Crippen molar-refractivity contribution in [1.82, 2.24) is 5.32 Å². The molecule has 1 N–H and O–H groups in total. The van der Waals surface area contributed by atoms with Crippen molar-refractivity contribution >= 4 is 27.3 Å². The van der Waals surface area contributed by atoms with Crippen LogP contribution in [-0.2, 0) is 13.2 Å². The maximum atomic E-state index is 5.76. The highest BCUT2D eigenvalue weighted by Crippen LogP contribution is 2.27. The second-order valence-electron chi connectivity index (χ2n) is 3.66. The van der Waals surface area contributed by atoms with Gasteiger partial charge >= 0.3 is 0 Å². The molecule has 1 heterocycles. The highest BCUT2D eigenvalue weighted by Gasteiger charge is 2.03. The van der Waals surface area contributed by atoms with E-state index in [1.807, 2.05) is 19.2 Å². The van der Waals surface area contributed by atoms with E-state index in [9.17, 15) is 0 Å². The van der Waals surface area contributed by atoms with Gasteiger partial charge in [-0.25, -0.2) is 0 Å². The Morgan fingerprint density at radius 1 is 1.35 bits per heavy atom. The molecule has 2 aromatic rings. The first-order valence-electron chi connectivity index (χ1n) is 5.38. The summed E-state index contributed by atoms with van der Waals surface area (Å²) in [7, 11) is 1.94. The second kappa shape index (κ2) is 6.19. The van der Waals surface area contributed by atoms with E-state index in [0.29, 0.717) is 6.61 Å². The van der Waals surface area contributed by atoms with Crippen LogP contribution in [0, 0.1) is 0 Å². The van der Waals surface area contributed by atoms with Crippen LogP contribution in [0.25, 0.3) is 0 Å². The Labute approximate surface area is 114 Å².